The molecular formula is C12H14O. The summed E-state index contributed by atoms with van der Waals surface area (Å²) in [5.41, 5.74) is 3.03. The van der Waals surface area contributed by atoms with E-state index in [9.17, 15) is 0 Å². The predicted octanol–water partition coefficient (Wildman–Crippen LogP) is 1.95. The zero-order valence-electron chi connectivity index (χ0n) is 7.61. The summed E-state index contributed by atoms with van der Waals surface area (Å²) in [5.74, 6) is 2.07. The molecule has 0 saturated heterocycles. The maximum absolute atomic E-state index is 9.16. The Bertz CT molecular complexity index is 328. The second-order valence-electron chi connectivity index (χ2n) is 4.37. The molecule has 2 aliphatic rings. The summed E-state index contributed by atoms with van der Waals surface area (Å²) in [7, 11) is 0. The van der Waals surface area contributed by atoms with E-state index in [1.807, 2.05) is 0 Å². The third-order valence-electron chi connectivity index (χ3n) is 3.75. The van der Waals surface area contributed by atoms with Gasteiger partial charge in [-0.15, -0.1) is 0 Å². The zero-order valence-corrected chi connectivity index (χ0v) is 7.61. The Labute approximate surface area is 78.4 Å². The second kappa shape index (κ2) is 2.58. The van der Waals surface area contributed by atoms with Crippen LogP contribution in [0.4, 0.5) is 0 Å². The van der Waals surface area contributed by atoms with Gasteiger partial charge in [-0.3, -0.25) is 0 Å². The Morgan fingerprint density at radius 1 is 1.31 bits per heavy atom. The Hall–Kier alpha value is -0.820. The number of hydrogen-bond acceptors (Lipinski definition) is 1. The van der Waals surface area contributed by atoms with E-state index >= 15 is 0 Å². The van der Waals surface area contributed by atoms with Crippen LogP contribution < -0.4 is 0 Å². The average Bonchev–Trinajstić information content (AvgIpc) is 2.40. The van der Waals surface area contributed by atoms with Gasteiger partial charge >= 0.3 is 0 Å². The predicted molar refractivity (Wildman–Crippen MR) is 51.6 cm³/mol. The summed E-state index contributed by atoms with van der Waals surface area (Å²) in [6, 6.07) is 8.72. The van der Waals surface area contributed by atoms with Crippen LogP contribution in [-0.2, 0) is 6.42 Å². The van der Waals surface area contributed by atoms with Crippen LogP contribution >= 0.6 is 0 Å². The van der Waals surface area contributed by atoms with Gasteiger partial charge < -0.3 is 5.11 Å². The highest BCUT2D eigenvalue weighted by atomic mass is 16.3. The zero-order chi connectivity index (χ0) is 8.84. The Morgan fingerprint density at radius 3 is 3.00 bits per heavy atom. The van der Waals surface area contributed by atoms with Crippen molar-refractivity contribution >= 4 is 0 Å². The van der Waals surface area contributed by atoms with Crippen molar-refractivity contribution in [2.75, 3.05) is 6.61 Å². The first-order valence-corrected chi connectivity index (χ1v) is 5.09. The Kier molecular flexibility index (Phi) is 1.50. The molecule has 3 atom stereocenters. The molecule has 0 radical (unpaired) electrons. The van der Waals surface area contributed by atoms with Crippen molar-refractivity contribution in [3.63, 3.8) is 0 Å². The smallest absolute Gasteiger partial charge is 0.0465 e. The third-order valence-corrected chi connectivity index (χ3v) is 3.75. The molecule has 1 heteroatoms. The molecule has 1 aromatic carbocycles. The molecule has 0 bridgehead atoms. The van der Waals surface area contributed by atoms with Crippen molar-refractivity contribution in [1.29, 1.82) is 0 Å². The van der Waals surface area contributed by atoms with Crippen molar-refractivity contribution in [2.45, 2.75) is 18.8 Å². The third kappa shape index (κ3) is 0.910. The van der Waals surface area contributed by atoms with Crippen LogP contribution in [0.3, 0.4) is 0 Å². The van der Waals surface area contributed by atoms with Crippen molar-refractivity contribution in [3.05, 3.63) is 35.4 Å². The quantitative estimate of drug-likeness (QED) is 0.690. The highest BCUT2D eigenvalue weighted by Gasteiger charge is 2.46. The highest BCUT2D eigenvalue weighted by Crippen LogP contribution is 2.54. The summed E-state index contributed by atoms with van der Waals surface area (Å²) in [6.45, 7) is 0.371. The SMILES string of the molecule is OC[C@@H]1C[C@H]2Cc3ccccc3[C@@H]12. The molecule has 2 aliphatic carbocycles. The van der Waals surface area contributed by atoms with E-state index in [1.165, 1.54) is 24.0 Å². The van der Waals surface area contributed by atoms with E-state index in [1.54, 1.807) is 0 Å². The first-order chi connectivity index (χ1) is 6.40. The summed E-state index contributed by atoms with van der Waals surface area (Å²) in [6.07, 6.45) is 2.48. The minimum absolute atomic E-state index is 0.371. The molecule has 0 unspecified atom stereocenters. The number of hydrogen-bond donors (Lipinski definition) is 1. The molecule has 1 N–H and O–H groups in total. The Balaban J connectivity index is 1.99. The van der Waals surface area contributed by atoms with Crippen molar-refractivity contribution in [2.24, 2.45) is 11.8 Å². The second-order valence-corrected chi connectivity index (χ2v) is 4.37. The molecule has 1 aromatic rings. The van der Waals surface area contributed by atoms with Gasteiger partial charge in [0.05, 0.1) is 0 Å². The average molecular weight is 174 g/mol. The van der Waals surface area contributed by atoms with Gasteiger partial charge in [0, 0.05) is 6.61 Å². The lowest BCUT2D eigenvalue weighted by molar-refractivity contribution is 0.0848. The number of aliphatic hydroxyl groups is 1. The molecule has 0 amide bonds. The summed E-state index contributed by atoms with van der Waals surface area (Å²) >= 11 is 0. The molecule has 68 valence electrons. The van der Waals surface area contributed by atoms with Gasteiger partial charge in [0.25, 0.3) is 0 Å². The molecule has 0 aromatic heterocycles. The van der Waals surface area contributed by atoms with Gasteiger partial charge in [-0.05, 0) is 41.7 Å². The first-order valence-electron chi connectivity index (χ1n) is 5.09. The van der Waals surface area contributed by atoms with Crippen LogP contribution in [0.15, 0.2) is 24.3 Å². The first kappa shape index (κ1) is 7.57. The molecule has 3 rings (SSSR count). The van der Waals surface area contributed by atoms with Gasteiger partial charge in [0.2, 0.25) is 0 Å². The van der Waals surface area contributed by atoms with Gasteiger partial charge in [-0.1, -0.05) is 24.3 Å². The van der Waals surface area contributed by atoms with E-state index in [2.05, 4.69) is 24.3 Å². The van der Waals surface area contributed by atoms with Crippen LogP contribution in [0, 0.1) is 11.8 Å². The summed E-state index contributed by atoms with van der Waals surface area (Å²) in [4.78, 5) is 0. The molecule has 0 heterocycles. The van der Waals surface area contributed by atoms with E-state index in [-0.39, 0.29) is 0 Å². The number of aliphatic hydroxyl groups excluding tert-OH is 1. The topological polar surface area (TPSA) is 20.2 Å². The van der Waals surface area contributed by atoms with Crippen molar-refractivity contribution in [3.8, 4) is 0 Å². The van der Waals surface area contributed by atoms with Crippen LogP contribution in [0.2, 0.25) is 0 Å². The normalized spacial score (nSPS) is 35.0. The van der Waals surface area contributed by atoms with Crippen molar-refractivity contribution in [1.82, 2.24) is 0 Å². The fraction of sp³-hybridized carbons (Fsp3) is 0.500. The highest BCUT2D eigenvalue weighted by molar-refractivity contribution is 5.39. The number of benzene rings is 1. The fourth-order valence-electron chi connectivity index (χ4n) is 3.11. The lowest BCUT2D eigenvalue weighted by Crippen LogP contribution is -2.34. The van der Waals surface area contributed by atoms with Crippen molar-refractivity contribution < 1.29 is 5.11 Å². The molecule has 13 heavy (non-hydrogen) atoms. The van der Waals surface area contributed by atoms with E-state index in [0.29, 0.717) is 18.4 Å². The maximum Gasteiger partial charge on any atom is 0.0465 e. The molecule has 1 saturated carbocycles. The largest absolute Gasteiger partial charge is 0.396 e. The van der Waals surface area contributed by atoms with Gasteiger partial charge in [0.1, 0.15) is 0 Å². The standard InChI is InChI=1S/C12H14O/c13-7-10-6-9-5-8-3-1-2-4-11(8)12(9)10/h1-4,9-10,12-13H,5-7H2/t9-,10+,12-/m1/s1. The summed E-state index contributed by atoms with van der Waals surface area (Å²) < 4.78 is 0. The lowest BCUT2D eigenvalue weighted by Gasteiger charge is -2.39. The monoisotopic (exact) mass is 174 g/mol. The van der Waals surface area contributed by atoms with E-state index < -0.39 is 0 Å². The summed E-state index contributed by atoms with van der Waals surface area (Å²) in [5, 5.41) is 9.16. The van der Waals surface area contributed by atoms with Gasteiger partial charge in [-0.2, -0.15) is 0 Å². The van der Waals surface area contributed by atoms with Crippen LogP contribution in [0.1, 0.15) is 23.5 Å². The molecular weight excluding hydrogens is 160 g/mol. The van der Waals surface area contributed by atoms with Crippen LogP contribution in [-0.4, -0.2) is 11.7 Å². The molecule has 0 spiro atoms. The van der Waals surface area contributed by atoms with Crippen LogP contribution in [0.25, 0.3) is 0 Å². The molecule has 1 fully saturated rings. The minimum atomic E-state index is 0.371. The Morgan fingerprint density at radius 2 is 2.15 bits per heavy atom. The number of fused-ring (bicyclic) bond motifs is 3. The van der Waals surface area contributed by atoms with Gasteiger partial charge in [-0.25, -0.2) is 0 Å². The van der Waals surface area contributed by atoms with E-state index in [4.69, 9.17) is 5.11 Å². The van der Waals surface area contributed by atoms with Gasteiger partial charge in [0.15, 0.2) is 0 Å². The van der Waals surface area contributed by atoms with Crippen LogP contribution in [0.5, 0.6) is 0 Å². The lowest BCUT2D eigenvalue weighted by atomic mass is 9.65. The minimum Gasteiger partial charge on any atom is -0.396 e. The molecule has 0 aliphatic heterocycles. The molecule has 1 nitrogen and oxygen atoms in total. The maximum atomic E-state index is 9.16. The van der Waals surface area contributed by atoms with E-state index in [0.717, 1.165) is 5.92 Å². The fourth-order valence-corrected chi connectivity index (χ4v) is 3.11. The number of rotatable bonds is 1.